The molecule has 0 aliphatic rings. The number of rotatable bonds is 11. The lowest BCUT2D eigenvalue weighted by Gasteiger charge is -2.30. The van der Waals surface area contributed by atoms with Gasteiger partial charge in [0.1, 0.15) is 6.04 Å². The SMILES string of the molecule is CCC(OC)C(C(=O)OC)C(CC)C(=O)NC(CCS)C(=O)OC. The number of nitrogens with one attached hydrogen (secondary N) is 1. The highest BCUT2D eigenvalue weighted by atomic mass is 32.1. The van der Waals surface area contributed by atoms with Crippen LogP contribution in [-0.2, 0) is 28.6 Å². The Labute approximate surface area is 149 Å². The molecule has 0 aromatic heterocycles. The average molecular weight is 363 g/mol. The molecule has 0 aliphatic heterocycles. The highest BCUT2D eigenvalue weighted by Gasteiger charge is 2.40. The molecule has 0 rings (SSSR count). The van der Waals surface area contributed by atoms with Crippen molar-refractivity contribution in [1.82, 2.24) is 5.32 Å². The number of thiol groups is 1. The Bertz CT molecular complexity index is 413. The van der Waals surface area contributed by atoms with Crippen LogP contribution in [0.4, 0.5) is 0 Å². The van der Waals surface area contributed by atoms with Crippen LogP contribution in [0.15, 0.2) is 0 Å². The van der Waals surface area contributed by atoms with Gasteiger partial charge < -0.3 is 19.5 Å². The molecule has 140 valence electrons. The lowest BCUT2D eigenvalue weighted by molar-refractivity contribution is -0.157. The number of esters is 2. The molecule has 0 aliphatic carbocycles. The predicted octanol–water partition coefficient (Wildman–Crippen LogP) is 1.20. The summed E-state index contributed by atoms with van der Waals surface area (Å²) in [6.07, 6.45) is 0.842. The second-order valence-corrected chi connectivity index (χ2v) is 5.79. The molecule has 4 unspecified atom stereocenters. The minimum absolute atomic E-state index is 0.336. The Morgan fingerprint density at radius 1 is 1.00 bits per heavy atom. The number of hydrogen-bond donors (Lipinski definition) is 2. The van der Waals surface area contributed by atoms with E-state index in [9.17, 15) is 14.4 Å². The van der Waals surface area contributed by atoms with Crippen molar-refractivity contribution in [3.8, 4) is 0 Å². The fraction of sp³-hybridized carbons (Fsp3) is 0.812. The van der Waals surface area contributed by atoms with E-state index in [-0.39, 0.29) is 0 Å². The molecular weight excluding hydrogens is 334 g/mol. The van der Waals surface area contributed by atoms with E-state index in [4.69, 9.17) is 14.2 Å². The Morgan fingerprint density at radius 3 is 1.96 bits per heavy atom. The minimum Gasteiger partial charge on any atom is -0.469 e. The highest BCUT2D eigenvalue weighted by Crippen LogP contribution is 2.25. The van der Waals surface area contributed by atoms with Crippen LogP contribution in [-0.4, -0.2) is 57.1 Å². The predicted molar refractivity (Wildman–Crippen MR) is 92.8 cm³/mol. The lowest BCUT2D eigenvalue weighted by atomic mass is 9.83. The van der Waals surface area contributed by atoms with Gasteiger partial charge in [0.15, 0.2) is 0 Å². The van der Waals surface area contributed by atoms with Crippen molar-refractivity contribution in [2.24, 2.45) is 11.8 Å². The van der Waals surface area contributed by atoms with Crippen LogP contribution < -0.4 is 5.32 Å². The molecule has 0 aromatic carbocycles. The Kier molecular flexibility index (Phi) is 11.5. The zero-order valence-electron chi connectivity index (χ0n) is 15.0. The van der Waals surface area contributed by atoms with E-state index in [1.54, 1.807) is 6.92 Å². The molecule has 1 N–H and O–H groups in total. The molecule has 24 heavy (non-hydrogen) atoms. The van der Waals surface area contributed by atoms with Gasteiger partial charge in [0.25, 0.3) is 0 Å². The van der Waals surface area contributed by atoms with Gasteiger partial charge in [-0.1, -0.05) is 13.8 Å². The molecule has 7 nitrogen and oxygen atoms in total. The molecular formula is C16H29NO6S. The number of amides is 1. The summed E-state index contributed by atoms with van der Waals surface area (Å²) in [5, 5.41) is 2.66. The van der Waals surface area contributed by atoms with Crippen LogP contribution in [0.25, 0.3) is 0 Å². The van der Waals surface area contributed by atoms with E-state index in [1.165, 1.54) is 21.3 Å². The van der Waals surface area contributed by atoms with E-state index in [2.05, 4.69) is 17.9 Å². The van der Waals surface area contributed by atoms with Gasteiger partial charge in [-0.2, -0.15) is 12.6 Å². The first-order chi connectivity index (χ1) is 11.4. The fourth-order valence-electron chi connectivity index (χ4n) is 2.68. The number of carbonyl (C=O) groups excluding carboxylic acids is 3. The first kappa shape index (κ1) is 22.7. The van der Waals surface area contributed by atoms with Crippen LogP contribution in [0, 0.1) is 11.8 Å². The van der Waals surface area contributed by atoms with Gasteiger partial charge in [0.2, 0.25) is 5.91 Å². The van der Waals surface area contributed by atoms with Gasteiger partial charge in [-0.05, 0) is 25.0 Å². The fourth-order valence-corrected chi connectivity index (χ4v) is 2.94. The maximum absolute atomic E-state index is 12.7. The largest absolute Gasteiger partial charge is 0.469 e. The normalized spacial score (nSPS) is 15.8. The Balaban J connectivity index is 5.39. The van der Waals surface area contributed by atoms with Crippen LogP contribution >= 0.6 is 12.6 Å². The van der Waals surface area contributed by atoms with Gasteiger partial charge >= 0.3 is 11.9 Å². The molecule has 4 atom stereocenters. The smallest absolute Gasteiger partial charge is 0.328 e. The summed E-state index contributed by atoms with van der Waals surface area (Å²) in [4.78, 5) is 36.6. The van der Waals surface area contributed by atoms with Gasteiger partial charge in [0, 0.05) is 7.11 Å². The van der Waals surface area contributed by atoms with Crippen molar-refractivity contribution < 1.29 is 28.6 Å². The number of hydrogen-bond acceptors (Lipinski definition) is 7. The quantitative estimate of drug-likeness (QED) is 0.423. The maximum Gasteiger partial charge on any atom is 0.328 e. The van der Waals surface area contributed by atoms with E-state index in [1.807, 2.05) is 6.92 Å². The van der Waals surface area contributed by atoms with E-state index >= 15 is 0 Å². The summed E-state index contributed by atoms with van der Waals surface area (Å²) in [7, 11) is 4.03. The number of carbonyl (C=O) groups is 3. The highest BCUT2D eigenvalue weighted by molar-refractivity contribution is 7.80. The number of methoxy groups -OCH3 is 3. The summed E-state index contributed by atoms with van der Waals surface area (Å²) in [5.74, 6) is -2.46. The van der Waals surface area contributed by atoms with Crippen LogP contribution in [0.3, 0.4) is 0 Å². The van der Waals surface area contributed by atoms with Crippen molar-refractivity contribution in [2.75, 3.05) is 27.1 Å². The summed E-state index contributed by atoms with van der Waals surface area (Å²) >= 11 is 4.09. The molecule has 8 heteroatoms. The van der Waals surface area contributed by atoms with Gasteiger partial charge in [-0.25, -0.2) is 4.79 Å². The molecule has 1 amide bonds. The van der Waals surface area contributed by atoms with Gasteiger partial charge in [-0.15, -0.1) is 0 Å². The van der Waals surface area contributed by atoms with Crippen molar-refractivity contribution in [2.45, 2.75) is 45.3 Å². The van der Waals surface area contributed by atoms with Crippen molar-refractivity contribution >= 4 is 30.5 Å². The van der Waals surface area contributed by atoms with Crippen LogP contribution in [0.5, 0.6) is 0 Å². The molecule has 0 spiro atoms. The maximum atomic E-state index is 12.7. The summed E-state index contributed by atoms with van der Waals surface area (Å²) in [5.41, 5.74) is 0. The van der Waals surface area contributed by atoms with Crippen LogP contribution in [0.2, 0.25) is 0 Å². The molecule has 0 bridgehead atoms. The van der Waals surface area contributed by atoms with Gasteiger partial charge in [0.05, 0.1) is 32.2 Å². The Morgan fingerprint density at radius 2 is 1.58 bits per heavy atom. The summed E-state index contributed by atoms with van der Waals surface area (Å²) in [6, 6.07) is -0.796. The molecule has 0 aromatic rings. The first-order valence-corrected chi connectivity index (χ1v) is 8.64. The molecule has 0 heterocycles. The third-order valence-electron chi connectivity index (χ3n) is 4.01. The third-order valence-corrected chi connectivity index (χ3v) is 4.27. The van der Waals surface area contributed by atoms with Crippen molar-refractivity contribution in [1.29, 1.82) is 0 Å². The van der Waals surface area contributed by atoms with E-state index in [0.717, 1.165) is 0 Å². The monoisotopic (exact) mass is 363 g/mol. The zero-order valence-corrected chi connectivity index (χ0v) is 15.9. The summed E-state index contributed by atoms with van der Waals surface area (Å²) < 4.78 is 14.9. The van der Waals surface area contributed by atoms with Crippen molar-refractivity contribution in [3.63, 3.8) is 0 Å². The van der Waals surface area contributed by atoms with Crippen molar-refractivity contribution in [3.05, 3.63) is 0 Å². The first-order valence-electron chi connectivity index (χ1n) is 8.01. The second-order valence-electron chi connectivity index (χ2n) is 5.34. The average Bonchev–Trinajstić information content (AvgIpc) is 2.60. The summed E-state index contributed by atoms with van der Waals surface area (Å²) in [6.45, 7) is 3.67. The second kappa shape index (κ2) is 12.1. The van der Waals surface area contributed by atoms with Gasteiger partial charge in [-0.3, -0.25) is 9.59 Å². The standard InChI is InChI=1S/C16H29NO6S/c1-6-10(13(16(20)23-5)12(7-2)21-3)14(18)17-11(8-9-24)15(19)22-4/h10-13,24H,6-9H2,1-5H3,(H,17,18). The van der Waals surface area contributed by atoms with E-state index < -0.39 is 41.8 Å². The molecule has 0 saturated heterocycles. The Hall–Kier alpha value is -1.28. The zero-order chi connectivity index (χ0) is 18.7. The number of ether oxygens (including phenoxy) is 3. The molecule has 0 saturated carbocycles. The molecule has 0 fully saturated rings. The topological polar surface area (TPSA) is 90.9 Å². The minimum atomic E-state index is -0.796. The lowest BCUT2D eigenvalue weighted by Crippen LogP contribution is -2.49. The van der Waals surface area contributed by atoms with E-state index in [0.29, 0.717) is 25.0 Å². The third kappa shape index (κ3) is 6.32. The molecule has 0 radical (unpaired) electrons. The van der Waals surface area contributed by atoms with Crippen LogP contribution in [0.1, 0.15) is 33.1 Å².